The minimum absolute atomic E-state index is 0.00818. The van der Waals surface area contributed by atoms with Gasteiger partial charge in [0.2, 0.25) is 15.9 Å². The van der Waals surface area contributed by atoms with Crippen LogP contribution in [0.15, 0.2) is 29.2 Å². The fourth-order valence-electron chi connectivity index (χ4n) is 3.71. The first-order chi connectivity index (χ1) is 14.1. The Morgan fingerprint density at radius 3 is 2.27 bits per heavy atom. The molecule has 1 fully saturated rings. The smallest absolute Gasteiger partial charge is 0.243 e. The molecule has 0 aliphatic carbocycles. The Balaban J connectivity index is 1.63. The van der Waals surface area contributed by atoms with Crippen LogP contribution in [0.3, 0.4) is 0 Å². The van der Waals surface area contributed by atoms with E-state index in [9.17, 15) is 13.2 Å². The Labute approximate surface area is 183 Å². The van der Waals surface area contributed by atoms with Gasteiger partial charge in [-0.3, -0.25) is 9.48 Å². The zero-order valence-corrected chi connectivity index (χ0v) is 19.5. The second kappa shape index (κ2) is 9.08. The Morgan fingerprint density at radius 1 is 1.10 bits per heavy atom. The molecule has 30 heavy (non-hydrogen) atoms. The van der Waals surface area contributed by atoms with Crippen molar-refractivity contribution in [2.24, 2.45) is 5.92 Å². The minimum Gasteiger partial charge on any atom is -0.340 e. The standard InChI is InChI=1S/C21H29ClN4O3S/c1-15(2)14-26-17(4)20(16(3)23-26)13-21(27)24-9-11-25(12-10-24)30(28,29)19-7-5-18(22)6-8-19/h5-8,15H,9-14H2,1-4H3. The number of halogens is 1. The molecule has 2 heterocycles. The number of amides is 1. The van der Waals surface area contributed by atoms with E-state index in [1.807, 2.05) is 18.5 Å². The molecule has 3 rings (SSSR count). The van der Waals surface area contributed by atoms with Gasteiger partial charge in [0.25, 0.3) is 0 Å². The molecular weight excluding hydrogens is 424 g/mol. The summed E-state index contributed by atoms with van der Waals surface area (Å²) < 4.78 is 29.0. The second-order valence-electron chi connectivity index (χ2n) is 8.14. The number of nitrogens with zero attached hydrogens (tertiary/aromatic N) is 4. The van der Waals surface area contributed by atoms with E-state index in [-0.39, 0.29) is 23.9 Å². The molecule has 1 aliphatic rings. The summed E-state index contributed by atoms with van der Waals surface area (Å²) in [5.74, 6) is 0.482. The van der Waals surface area contributed by atoms with Crippen molar-refractivity contribution >= 4 is 27.5 Å². The van der Waals surface area contributed by atoms with Crippen LogP contribution in [0.2, 0.25) is 5.02 Å². The predicted molar refractivity (Wildman–Crippen MR) is 117 cm³/mol. The van der Waals surface area contributed by atoms with Crippen molar-refractivity contribution in [2.75, 3.05) is 26.2 Å². The fraction of sp³-hybridized carbons (Fsp3) is 0.524. The van der Waals surface area contributed by atoms with Crippen molar-refractivity contribution in [1.29, 1.82) is 0 Å². The quantitative estimate of drug-likeness (QED) is 0.675. The minimum atomic E-state index is -3.59. The SMILES string of the molecule is Cc1nn(CC(C)C)c(C)c1CC(=O)N1CCN(S(=O)(=O)c2ccc(Cl)cc2)CC1. The number of piperazine rings is 1. The zero-order chi connectivity index (χ0) is 22.1. The van der Waals surface area contributed by atoms with Crippen LogP contribution in [-0.2, 0) is 27.8 Å². The molecule has 2 aromatic rings. The molecule has 1 aromatic carbocycles. The van der Waals surface area contributed by atoms with Gasteiger partial charge in [-0.2, -0.15) is 9.40 Å². The Morgan fingerprint density at radius 2 is 1.70 bits per heavy atom. The van der Waals surface area contributed by atoms with E-state index in [4.69, 9.17) is 11.6 Å². The molecule has 0 spiro atoms. The molecule has 0 radical (unpaired) electrons. The summed E-state index contributed by atoms with van der Waals surface area (Å²) in [4.78, 5) is 14.8. The summed E-state index contributed by atoms with van der Waals surface area (Å²) >= 11 is 5.86. The molecule has 7 nitrogen and oxygen atoms in total. The highest BCUT2D eigenvalue weighted by molar-refractivity contribution is 7.89. The predicted octanol–water partition coefficient (Wildman–Crippen LogP) is 2.88. The van der Waals surface area contributed by atoms with Crippen molar-refractivity contribution in [2.45, 2.75) is 45.6 Å². The number of hydrogen-bond donors (Lipinski definition) is 0. The third-order valence-corrected chi connectivity index (χ3v) is 7.61. The molecule has 9 heteroatoms. The maximum absolute atomic E-state index is 12.9. The molecule has 0 N–H and O–H groups in total. The number of carbonyl (C=O) groups is 1. The molecule has 0 bridgehead atoms. The first kappa shape index (κ1) is 22.8. The average molecular weight is 453 g/mol. The van der Waals surface area contributed by atoms with Crippen LogP contribution < -0.4 is 0 Å². The maximum Gasteiger partial charge on any atom is 0.243 e. The van der Waals surface area contributed by atoms with Crippen LogP contribution in [0.1, 0.15) is 30.8 Å². The van der Waals surface area contributed by atoms with Gasteiger partial charge in [0, 0.05) is 49.0 Å². The summed E-state index contributed by atoms with van der Waals surface area (Å²) in [6.07, 6.45) is 0.291. The number of sulfonamides is 1. The first-order valence-corrected chi connectivity index (χ1v) is 12.0. The van der Waals surface area contributed by atoms with E-state index in [0.29, 0.717) is 30.5 Å². The van der Waals surface area contributed by atoms with Crippen molar-refractivity contribution in [3.63, 3.8) is 0 Å². The van der Waals surface area contributed by atoms with E-state index in [0.717, 1.165) is 23.5 Å². The van der Waals surface area contributed by atoms with Crippen LogP contribution >= 0.6 is 11.6 Å². The summed E-state index contributed by atoms with van der Waals surface area (Å²) in [7, 11) is -3.59. The van der Waals surface area contributed by atoms with Gasteiger partial charge in [0.15, 0.2) is 0 Å². The molecule has 0 atom stereocenters. The van der Waals surface area contributed by atoms with Crippen LogP contribution in [0.4, 0.5) is 0 Å². The lowest BCUT2D eigenvalue weighted by molar-refractivity contribution is -0.131. The van der Waals surface area contributed by atoms with Gasteiger partial charge in [0.05, 0.1) is 17.0 Å². The third kappa shape index (κ3) is 4.87. The van der Waals surface area contributed by atoms with Gasteiger partial charge >= 0.3 is 0 Å². The fourth-order valence-corrected chi connectivity index (χ4v) is 5.26. The molecule has 0 unspecified atom stereocenters. The lowest BCUT2D eigenvalue weighted by atomic mass is 10.1. The number of rotatable bonds is 6. The van der Waals surface area contributed by atoms with E-state index >= 15 is 0 Å². The number of carbonyl (C=O) groups excluding carboxylic acids is 1. The van der Waals surface area contributed by atoms with Crippen LogP contribution in [0.25, 0.3) is 0 Å². The van der Waals surface area contributed by atoms with E-state index in [2.05, 4.69) is 18.9 Å². The number of aryl methyl sites for hydroxylation is 1. The highest BCUT2D eigenvalue weighted by atomic mass is 35.5. The molecule has 164 valence electrons. The van der Waals surface area contributed by atoms with Crippen LogP contribution in [-0.4, -0.2) is 59.5 Å². The van der Waals surface area contributed by atoms with E-state index in [1.165, 1.54) is 16.4 Å². The van der Waals surface area contributed by atoms with Crippen molar-refractivity contribution in [3.8, 4) is 0 Å². The van der Waals surface area contributed by atoms with Crippen molar-refractivity contribution in [1.82, 2.24) is 19.0 Å². The lowest BCUT2D eigenvalue weighted by Crippen LogP contribution is -2.50. The summed E-state index contributed by atoms with van der Waals surface area (Å²) in [5.41, 5.74) is 2.88. The summed E-state index contributed by atoms with van der Waals surface area (Å²) in [6, 6.07) is 6.15. The van der Waals surface area contributed by atoms with Crippen molar-refractivity contribution < 1.29 is 13.2 Å². The maximum atomic E-state index is 12.9. The largest absolute Gasteiger partial charge is 0.340 e. The van der Waals surface area contributed by atoms with Gasteiger partial charge in [0.1, 0.15) is 0 Å². The van der Waals surface area contributed by atoms with Crippen LogP contribution in [0.5, 0.6) is 0 Å². The Bertz CT molecular complexity index is 1010. The molecule has 1 saturated heterocycles. The lowest BCUT2D eigenvalue weighted by Gasteiger charge is -2.34. The summed E-state index contributed by atoms with van der Waals surface area (Å²) in [5, 5.41) is 5.07. The topological polar surface area (TPSA) is 75.5 Å². The Kier molecular flexibility index (Phi) is 6.89. The molecule has 1 aliphatic heterocycles. The second-order valence-corrected chi connectivity index (χ2v) is 10.5. The van der Waals surface area contributed by atoms with E-state index < -0.39 is 10.0 Å². The van der Waals surface area contributed by atoms with Gasteiger partial charge in [-0.05, 0) is 44.0 Å². The number of hydrogen-bond acceptors (Lipinski definition) is 4. The average Bonchev–Trinajstić information content (AvgIpc) is 2.95. The summed E-state index contributed by atoms with van der Waals surface area (Å²) in [6.45, 7) is 10.3. The van der Waals surface area contributed by atoms with E-state index in [1.54, 1.807) is 17.0 Å². The van der Waals surface area contributed by atoms with Gasteiger partial charge in [-0.15, -0.1) is 0 Å². The van der Waals surface area contributed by atoms with Crippen LogP contribution in [0, 0.1) is 19.8 Å². The third-order valence-electron chi connectivity index (χ3n) is 5.44. The zero-order valence-electron chi connectivity index (χ0n) is 17.9. The van der Waals surface area contributed by atoms with Crippen molar-refractivity contribution in [3.05, 3.63) is 46.2 Å². The monoisotopic (exact) mass is 452 g/mol. The molecular formula is C21H29ClN4O3S. The highest BCUT2D eigenvalue weighted by Crippen LogP contribution is 2.21. The van der Waals surface area contributed by atoms with Gasteiger partial charge in [-0.1, -0.05) is 25.4 Å². The Hall–Kier alpha value is -1.90. The van der Waals surface area contributed by atoms with Gasteiger partial charge < -0.3 is 4.90 Å². The molecule has 1 aromatic heterocycles. The first-order valence-electron chi connectivity index (χ1n) is 10.2. The molecule has 0 saturated carbocycles. The molecule has 1 amide bonds. The van der Waals surface area contributed by atoms with Gasteiger partial charge in [-0.25, -0.2) is 8.42 Å². The number of aromatic nitrogens is 2. The highest BCUT2D eigenvalue weighted by Gasteiger charge is 2.30. The number of benzene rings is 1. The normalized spacial score (nSPS) is 15.7.